The summed E-state index contributed by atoms with van der Waals surface area (Å²) in [5.74, 6) is -1.75. The van der Waals surface area contributed by atoms with Gasteiger partial charge in [0.05, 0.1) is 11.6 Å². The van der Waals surface area contributed by atoms with Crippen molar-refractivity contribution in [2.24, 2.45) is 0 Å². The third-order valence-corrected chi connectivity index (χ3v) is 14.9. The number of nitrogens with one attached hydrogen (secondary N) is 1. The van der Waals surface area contributed by atoms with Crippen molar-refractivity contribution in [1.29, 1.82) is 0 Å². The molecule has 0 saturated heterocycles. The first-order valence-electron chi connectivity index (χ1n) is 16.9. The maximum atomic E-state index is 13.5. The van der Waals surface area contributed by atoms with Crippen molar-refractivity contribution >= 4 is 28.8 Å². The maximum absolute atomic E-state index is 13.5. The van der Waals surface area contributed by atoms with Crippen LogP contribution in [0.15, 0.2) is 97.1 Å². The molecule has 2 atom stereocenters. The van der Waals surface area contributed by atoms with E-state index in [1.807, 2.05) is 105 Å². The molecule has 0 amide bonds. The average Bonchev–Trinajstić information content (AvgIpc) is 3.61. The van der Waals surface area contributed by atoms with Crippen LogP contribution in [0.3, 0.4) is 0 Å². The molecule has 1 aliphatic rings. The molecule has 5 rings (SSSR count). The zero-order valence-corrected chi connectivity index (χ0v) is 31.8. The van der Waals surface area contributed by atoms with E-state index in [1.54, 1.807) is 13.8 Å². The number of rotatable bonds is 16. The van der Waals surface area contributed by atoms with Gasteiger partial charge in [-0.2, -0.15) is 21.6 Å². The summed E-state index contributed by atoms with van der Waals surface area (Å²) in [7, 11) is -8.38. The Hall–Kier alpha value is -4.12. The average molecular weight is 776 g/mol. The molecule has 4 aromatic carbocycles. The van der Waals surface area contributed by atoms with Crippen LogP contribution in [-0.2, 0) is 14.9 Å². The number of alkyl halides is 3. The Kier molecular flexibility index (Phi) is 11.9. The number of halogens is 3. The molecule has 2 unspecified atom stereocenters. The van der Waals surface area contributed by atoms with Gasteiger partial charge >= 0.3 is 15.6 Å². The zero-order valence-electron chi connectivity index (χ0n) is 30.0. The van der Waals surface area contributed by atoms with Crippen LogP contribution in [0, 0.1) is 0 Å². The lowest BCUT2D eigenvalue weighted by molar-refractivity contribution is -0.0501. The van der Waals surface area contributed by atoms with Gasteiger partial charge in [-0.3, -0.25) is 0 Å². The molecule has 0 bridgehead atoms. The molecule has 1 heterocycles. The second-order valence-corrected chi connectivity index (χ2v) is 19.4. The van der Waals surface area contributed by atoms with Crippen molar-refractivity contribution in [1.82, 2.24) is 5.32 Å². The molecule has 0 aromatic heterocycles. The molecule has 15 heteroatoms. The molecule has 1 aliphatic heterocycles. The van der Waals surface area contributed by atoms with Crippen molar-refractivity contribution in [3.8, 4) is 23.0 Å². The summed E-state index contributed by atoms with van der Waals surface area (Å²) in [6.45, 7) is 6.35. The van der Waals surface area contributed by atoms with Crippen molar-refractivity contribution in [3.63, 3.8) is 0 Å². The van der Waals surface area contributed by atoms with E-state index < -0.39 is 77.5 Å². The van der Waals surface area contributed by atoms with Crippen molar-refractivity contribution in [2.45, 2.75) is 68.8 Å². The van der Waals surface area contributed by atoms with Gasteiger partial charge in [0.15, 0.2) is 18.3 Å². The van der Waals surface area contributed by atoms with Crippen LogP contribution in [-0.4, -0.2) is 58.4 Å². The second kappa shape index (κ2) is 15.7. The van der Waals surface area contributed by atoms with Crippen molar-refractivity contribution in [3.05, 3.63) is 108 Å². The summed E-state index contributed by atoms with van der Waals surface area (Å²) in [5.41, 5.74) is -6.03. The number of fused-ring (bicyclic) bond motifs is 1. The van der Waals surface area contributed by atoms with Gasteiger partial charge in [0, 0.05) is 18.7 Å². The fraction of sp³-hybridized carbons (Fsp3) is 0.368. The number of aliphatic hydroxyl groups is 1. The highest BCUT2D eigenvalue weighted by atomic mass is 32.2. The highest BCUT2D eigenvalue weighted by Gasteiger charge is 2.51. The minimum atomic E-state index is -6.15. The SMILES string of the molecule is COCOc1cc(C(CCC(C)(C)[Si](O)(c2ccccc2)c2ccccc2)NC(c2ccccc2)C(C)(C)O)c2c(c1OS(=O)(=O)C(F)(F)F)OCO2. The lowest BCUT2D eigenvalue weighted by Gasteiger charge is -2.42. The fourth-order valence-electron chi connectivity index (χ4n) is 6.65. The third-order valence-electron chi connectivity index (χ3n) is 9.40. The number of methoxy groups -OCH3 is 1. The lowest BCUT2D eigenvalue weighted by Crippen LogP contribution is -2.65. The first-order valence-corrected chi connectivity index (χ1v) is 20.2. The van der Waals surface area contributed by atoms with Crippen LogP contribution in [0.1, 0.15) is 63.7 Å². The van der Waals surface area contributed by atoms with Gasteiger partial charge in [0.1, 0.15) is 0 Å². The van der Waals surface area contributed by atoms with E-state index in [-0.39, 0.29) is 12.2 Å². The van der Waals surface area contributed by atoms with Crippen LogP contribution in [0.4, 0.5) is 13.2 Å². The van der Waals surface area contributed by atoms with E-state index in [2.05, 4.69) is 9.50 Å². The van der Waals surface area contributed by atoms with E-state index in [9.17, 15) is 31.5 Å². The Morgan fingerprint density at radius 2 is 1.40 bits per heavy atom. The van der Waals surface area contributed by atoms with E-state index in [0.29, 0.717) is 12.0 Å². The quantitative estimate of drug-likeness (QED) is 0.0533. The summed E-state index contributed by atoms with van der Waals surface area (Å²) in [5, 5.41) is 15.9. The molecule has 0 aliphatic carbocycles. The number of benzene rings is 4. The molecular formula is C38H44F3NO9SSi. The van der Waals surface area contributed by atoms with E-state index in [0.717, 1.165) is 15.9 Å². The third kappa shape index (κ3) is 8.50. The first kappa shape index (κ1) is 40.1. The first-order chi connectivity index (χ1) is 24.9. The lowest BCUT2D eigenvalue weighted by atomic mass is 9.88. The van der Waals surface area contributed by atoms with Gasteiger partial charge in [-0.25, -0.2) is 0 Å². The molecular weight excluding hydrogens is 732 g/mol. The highest BCUT2D eigenvalue weighted by Crippen LogP contribution is 2.54. The predicted octanol–water partition coefficient (Wildman–Crippen LogP) is 6.08. The van der Waals surface area contributed by atoms with Crippen LogP contribution >= 0.6 is 0 Å². The minimum Gasteiger partial charge on any atom is -0.463 e. The van der Waals surface area contributed by atoms with E-state index in [1.165, 1.54) is 13.2 Å². The smallest absolute Gasteiger partial charge is 0.463 e. The van der Waals surface area contributed by atoms with E-state index in [4.69, 9.17) is 18.9 Å². The zero-order chi connectivity index (χ0) is 38.7. The van der Waals surface area contributed by atoms with Crippen LogP contribution in [0.25, 0.3) is 0 Å². The molecule has 0 fully saturated rings. The Morgan fingerprint density at radius 1 is 0.868 bits per heavy atom. The van der Waals surface area contributed by atoms with E-state index >= 15 is 0 Å². The molecule has 10 nitrogen and oxygen atoms in total. The molecule has 0 radical (unpaired) electrons. The van der Waals surface area contributed by atoms with Gasteiger partial charge in [-0.05, 0) is 53.7 Å². The molecule has 4 aromatic rings. The Labute approximate surface area is 308 Å². The number of hydrogen-bond donors (Lipinski definition) is 3. The number of ether oxygens (including phenoxy) is 4. The normalized spacial score (nSPS) is 14.8. The van der Waals surface area contributed by atoms with Gasteiger partial charge in [-0.15, -0.1) is 0 Å². The van der Waals surface area contributed by atoms with Crippen LogP contribution in [0.2, 0.25) is 5.04 Å². The highest BCUT2D eigenvalue weighted by molar-refractivity contribution is 7.88. The standard InChI is InChI=1S/C38H44F3NO9SSi/c1-36(2,53(46,27-17-11-7-12-18-27)28-19-13-8-14-20-28)22-21-30(42-35(37(3,4)43)26-15-9-6-10-16-26)29-23-31(48-24-47-5)33(34-32(29)49-25-50-34)51-52(44,45)38(39,40)41/h6-20,23,30,35,42-43,46H,21-22,24-25H2,1-5H3. The summed E-state index contributed by atoms with van der Waals surface area (Å²) in [6, 6.07) is 28.0. The summed E-state index contributed by atoms with van der Waals surface area (Å²) < 4.78 is 91.6. The Bertz CT molecular complexity index is 1900. The van der Waals surface area contributed by atoms with Crippen molar-refractivity contribution < 1.29 is 54.6 Å². The Balaban J connectivity index is 1.67. The van der Waals surface area contributed by atoms with Gasteiger partial charge in [0.2, 0.25) is 18.3 Å². The van der Waals surface area contributed by atoms with Gasteiger partial charge in [-0.1, -0.05) is 105 Å². The fourth-order valence-corrected chi connectivity index (χ4v) is 10.9. The molecule has 53 heavy (non-hydrogen) atoms. The Morgan fingerprint density at radius 3 is 1.91 bits per heavy atom. The summed E-state index contributed by atoms with van der Waals surface area (Å²) in [4.78, 5) is 12.9. The summed E-state index contributed by atoms with van der Waals surface area (Å²) in [6.07, 6.45) is 0.664. The number of hydrogen-bond acceptors (Lipinski definition) is 10. The summed E-state index contributed by atoms with van der Waals surface area (Å²) >= 11 is 0. The maximum Gasteiger partial charge on any atom is 0.534 e. The molecule has 3 N–H and O–H groups in total. The minimum absolute atomic E-state index is 0.0707. The monoisotopic (exact) mass is 775 g/mol. The van der Waals surface area contributed by atoms with Crippen molar-refractivity contribution in [2.75, 3.05) is 20.7 Å². The second-order valence-electron chi connectivity index (χ2n) is 14.0. The predicted molar refractivity (Wildman–Crippen MR) is 195 cm³/mol. The molecule has 286 valence electrons. The topological polar surface area (TPSA) is 133 Å². The van der Waals surface area contributed by atoms with Crippen LogP contribution < -0.4 is 34.1 Å². The molecule has 0 spiro atoms. The molecule has 0 saturated carbocycles. The van der Waals surface area contributed by atoms with Gasteiger partial charge in [0.25, 0.3) is 8.32 Å². The van der Waals surface area contributed by atoms with Crippen LogP contribution in [0.5, 0.6) is 23.0 Å². The van der Waals surface area contributed by atoms with Gasteiger partial charge < -0.3 is 38.3 Å². The largest absolute Gasteiger partial charge is 0.534 e.